The molecule has 0 aliphatic carbocycles. The first-order chi connectivity index (χ1) is 26.8. The summed E-state index contributed by atoms with van der Waals surface area (Å²) in [6.07, 6.45) is -9.91. The van der Waals surface area contributed by atoms with Crippen LogP contribution in [0.3, 0.4) is 0 Å². The number of imidazole rings is 2. The summed E-state index contributed by atoms with van der Waals surface area (Å²) in [4.78, 5) is 77.5. The normalized spacial score (nSPS) is 29.3. The first-order valence-corrected chi connectivity index (χ1v) is 21.9. The molecule has 2 aliphatic heterocycles. The van der Waals surface area contributed by atoms with Gasteiger partial charge in [-0.05, 0) is 0 Å². The number of hydrogen-bond donors (Lipinski definition) is 11. The van der Waals surface area contributed by atoms with E-state index in [-0.39, 0.29) is 34.2 Å². The van der Waals surface area contributed by atoms with Crippen molar-refractivity contribution in [3.8, 4) is 0 Å². The number of anilines is 2. The molecule has 2 saturated heterocycles. The minimum atomic E-state index is -6.24. The first-order valence-electron chi connectivity index (χ1n) is 16.0. The second-order valence-corrected chi connectivity index (χ2v) is 18.8. The molecule has 2 aliphatic rings. The molecule has 4 aromatic rings. The molecular formula is C23H36N10O21P4+2. The fraction of sp³-hybridized carbons (Fsp3) is 0.565. The Bertz CT molecular complexity index is 2550. The smallest absolute Gasteiger partial charge is 0.387 e. The van der Waals surface area contributed by atoms with Crippen LogP contribution in [0.25, 0.3) is 22.3 Å². The average molecular weight is 912 g/mol. The van der Waals surface area contributed by atoms with Crippen LogP contribution in [0.2, 0.25) is 0 Å². The Balaban J connectivity index is 1.04. The minimum Gasteiger partial charge on any atom is -0.387 e. The van der Waals surface area contributed by atoms with Gasteiger partial charge < -0.3 is 60.6 Å². The van der Waals surface area contributed by atoms with Gasteiger partial charge in [-0.25, -0.2) is 27.4 Å². The van der Waals surface area contributed by atoms with E-state index in [4.69, 9.17) is 25.7 Å². The van der Waals surface area contributed by atoms with Crippen LogP contribution in [0, 0.1) is 0 Å². The lowest BCUT2D eigenvalue weighted by Crippen LogP contribution is -2.47. The average Bonchev–Trinajstić information content (AvgIpc) is 3.77. The van der Waals surface area contributed by atoms with Crippen LogP contribution >= 0.6 is 31.3 Å². The van der Waals surface area contributed by atoms with Crippen molar-refractivity contribution in [1.82, 2.24) is 29.1 Å². The van der Waals surface area contributed by atoms with Crippen molar-refractivity contribution in [2.45, 2.75) is 49.1 Å². The minimum absolute atomic E-state index is 0.00992. The Labute approximate surface area is 321 Å². The predicted octanol–water partition coefficient (Wildman–Crippen LogP) is -4.35. The fourth-order valence-corrected chi connectivity index (χ4v) is 11.1. The Morgan fingerprint density at radius 1 is 0.707 bits per heavy atom. The molecule has 13 N–H and O–H groups in total. The van der Waals surface area contributed by atoms with Gasteiger partial charge in [0.2, 0.25) is 23.5 Å². The molecule has 322 valence electrons. The Hall–Kier alpha value is -3.38. The van der Waals surface area contributed by atoms with Gasteiger partial charge in [-0.3, -0.25) is 37.7 Å². The maximum Gasteiger partial charge on any atom is 0.490 e. The number of phosphoric ester groups is 2. The third-order valence-corrected chi connectivity index (χ3v) is 14.4. The lowest BCUT2D eigenvalue weighted by Gasteiger charge is -2.21. The Morgan fingerprint density at radius 2 is 1.10 bits per heavy atom. The van der Waals surface area contributed by atoms with Crippen molar-refractivity contribution in [3.63, 3.8) is 0 Å². The molecule has 0 radical (unpaired) electrons. The zero-order valence-electron chi connectivity index (χ0n) is 29.7. The zero-order valence-corrected chi connectivity index (χ0v) is 33.2. The second-order valence-electron chi connectivity index (χ2n) is 12.5. The van der Waals surface area contributed by atoms with Gasteiger partial charge in [0.25, 0.3) is 23.0 Å². The van der Waals surface area contributed by atoms with Gasteiger partial charge in [0.15, 0.2) is 12.7 Å². The number of nitrogens with one attached hydrogen (secondary N) is 2. The van der Waals surface area contributed by atoms with E-state index in [2.05, 4.69) is 41.9 Å². The number of nitrogen functional groups attached to an aromatic ring is 2. The van der Waals surface area contributed by atoms with Crippen molar-refractivity contribution in [2.75, 3.05) is 31.8 Å². The number of H-pyrrole nitrogens is 2. The molecule has 4 aromatic heterocycles. The van der Waals surface area contributed by atoms with E-state index in [1.807, 2.05) is 0 Å². The summed E-state index contributed by atoms with van der Waals surface area (Å²) in [5.41, 5.74) is 9.91. The number of aliphatic hydroxyl groups excluding tert-OH is 3. The molecule has 6 rings (SSSR count). The largest absolute Gasteiger partial charge is 0.490 e. The van der Waals surface area contributed by atoms with Crippen LogP contribution in [0.1, 0.15) is 12.5 Å². The standard InChI is InChI=1S/C23H34N10O21P4/c1-30-6-32(16-10(30)18(37)28-22(24)26-16)20-14(36)12(34)8(50-20)4-48-55(39,40)52-57(43,44)54-58(45,46)53-56(41,42)49-5-9-13(35)15(47-3)21(51-9)33-7-31(2)11-17(33)27-23(25)29-19(11)38/h6-9,12-15,20-21,34-36H,4-5H2,1-3H3,(H8-2,24,25,26,27,28,29,37,38,39,40,41,42,43,44,45,46)/p+2/t8-,9?,12-,13-,14-,15-,20?,21-/m1/s1. The first kappa shape index (κ1) is 44.2. The highest BCUT2D eigenvalue weighted by Gasteiger charge is 2.52. The molecule has 0 bridgehead atoms. The Kier molecular flexibility index (Phi) is 12.1. The number of aromatic nitrogens is 8. The third kappa shape index (κ3) is 9.03. The van der Waals surface area contributed by atoms with E-state index in [1.54, 1.807) is 0 Å². The van der Waals surface area contributed by atoms with Crippen LogP contribution in [-0.4, -0.2) is 121 Å². The maximum atomic E-state index is 12.6. The van der Waals surface area contributed by atoms with Gasteiger partial charge in [-0.1, -0.05) is 9.97 Å². The monoisotopic (exact) mass is 912 g/mol. The van der Waals surface area contributed by atoms with Crippen molar-refractivity contribution in [1.29, 1.82) is 0 Å². The third-order valence-electron chi connectivity index (χ3n) is 8.47. The molecule has 6 unspecified atom stereocenters. The number of hydrogen-bond acceptors (Lipinski definition) is 21. The number of rotatable bonds is 15. The fourth-order valence-electron chi connectivity index (χ4n) is 6.15. The highest BCUT2D eigenvalue weighted by Crippen LogP contribution is 2.71. The van der Waals surface area contributed by atoms with E-state index in [1.165, 1.54) is 47.6 Å². The quantitative estimate of drug-likeness (QED) is 0.0396. The second kappa shape index (κ2) is 15.9. The van der Waals surface area contributed by atoms with Gasteiger partial charge in [-0.2, -0.15) is 12.9 Å². The van der Waals surface area contributed by atoms with E-state index < -0.39 is 105 Å². The van der Waals surface area contributed by atoms with Crippen LogP contribution in [0.4, 0.5) is 11.9 Å². The van der Waals surface area contributed by atoms with E-state index in [9.17, 15) is 62.7 Å². The highest BCUT2D eigenvalue weighted by molar-refractivity contribution is 7.69. The van der Waals surface area contributed by atoms with Crippen LogP contribution in [0.5, 0.6) is 0 Å². The number of phosphoric acid groups is 4. The summed E-state index contributed by atoms with van der Waals surface area (Å²) < 4.78 is 92.6. The SMILES string of the molecule is CO[C@@H]1[C@H](O)C(COP(=O)(O)OP(=O)(O)OP(=O)(O)OP(=O)(O)OC[C@H]2OC([n+]3cn(C)c4c(=O)[nH]c(N)nc43)[C@H](O)[C@@H]2O)O[C@H]1[n+]1cn(C)c2c(=O)[nH]c(N)nc21. The lowest BCUT2D eigenvalue weighted by molar-refractivity contribution is -0.746. The van der Waals surface area contributed by atoms with Crippen molar-refractivity contribution < 1.29 is 98.5 Å². The predicted molar refractivity (Wildman–Crippen MR) is 183 cm³/mol. The molecule has 2 fully saturated rings. The van der Waals surface area contributed by atoms with Gasteiger partial charge in [0.1, 0.15) is 36.6 Å². The van der Waals surface area contributed by atoms with Crippen LogP contribution in [-0.2, 0) is 68.5 Å². The van der Waals surface area contributed by atoms with Gasteiger partial charge in [-0.15, -0.1) is 0 Å². The van der Waals surface area contributed by atoms with Crippen molar-refractivity contribution in [3.05, 3.63) is 33.4 Å². The van der Waals surface area contributed by atoms with Crippen LogP contribution in [0.15, 0.2) is 22.2 Å². The van der Waals surface area contributed by atoms with Crippen molar-refractivity contribution >= 4 is 65.5 Å². The summed E-state index contributed by atoms with van der Waals surface area (Å²) in [5.74, 6) is -0.565. The van der Waals surface area contributed by atoms with Gasteiger partial charge in [0.05, 0.1) is 27.3 Å². The summed E-state index contributed by atoms with van der Waals surface area (Å²) in [6, 6.07) is 0. The molecule has 31 nitrogen and oxygen atoms in total. The molecule has 12 atom stereocenters. The molecule has 0 spiro atoms. The molecule has 0 saturated carbocycles. The number of fused-ring (bicyclic) bond motifs is 2. The Morgan fingerprint density at radius 3 is 1.55 bits per heavy atom. The summed E-state index contributed by atoms with van der Waals surface area (Å²) in [5, 5.41) is 32.0. The highest BCUT2D eigenvalue weighted by atomic mass is 31.3. The molecular weight excluding hydrogens is 876 g/mol. The number of nitrogens with two attached hydrogens (primary N) is 2. The van der Waals surface area contributed by atoms with E-state index in [0.717, 1.165) is 4.57 Å². The maximum absolute atomic E-state index is 12.6. The van der Waals surface area contributed by atoms with E-state index in [0.29, 0.717) is 0 Å². The number of nitrogens with zero attached hydrogens (tertiary/aromatic N) is 6. The van der Waals surface area contributed by atoms with E-state index >= 15 is 0 Å². The molecule has 58 heavy (non-hydrogen) atoms. The van der Waals surface area contributed by atoms with Crippen LogP contribution < -0.4 is 31.7 Å². The number of methoxy groups -OCH3 is 1. The molecule has 6 heterocycles. The topological polar surface area (TPSA) is 445 Å². The number of aryl methyl sites for hydroxylation is 2. The van der Waals surface area contributed by atoms with Crippen molar-refractivity contribution in [2.24, 2.45) is 14.1 Å². The summed E-state index contributed by atoms with van der Waals surface area (Å²) >= 11 is 0. The van der Waals surface area contributed by atoms with Gasteiger partial charge >= 0.3 is 42.6 Å². The number of aliphatic hydroxyl groups is 3. The summed E-state index contributed by atoms with van der Waals surface area (Å²) in [6.45, 7) is -2.23. The molecule has 35 heteroatoms. The summed E-state index contributed by atoms with van der Waals surface area (Å²) in [7, 11) is -20.0. The number of ether oxygens (including phenoxy) is 3. The zero-order chi connectivity index (χ0) is 42.9. The number of aromatic amines is 2. The van der Waals surface area contributed by atoms with Gasteiger partial charge in [0, 0.05) is 7.11 Å². The molecule has 0 aromatic carbocycles. The lowest BCUT2D eigenvalue weighted by atomic mass is 10.1. The molecule has 0 amide bonds.